The second-order valence-corrected chi connectivity index (χ2v) is 3.40. The number of esters is 1. The van der Waals surface area contributed by atoms with Crippen molar-refractivity contribution in [2.45, 2.75) is 25.8 Å². The Morgan fingerprint density at radius 3 is 2.45 bits per heavy atom. The topological polar surface area (TPSA) is 38.3 Å². The standard InChI is InChI=1S/C8H15NO2/c1-8(4-5-8)6(9-2)7(10)11-3/h6,9H,4-5H2,1-3H3. The molecule has 0 saturated heterocycles. The van der Waals surface area contributed by atoms with Gasteiger partial charge in [0.05, 0.1) is 7.11 Å². The molecular weight excluding hydrogens is 142 g/mol. The van der Waals surface area contributed by atoms with E-state index in [0.29, 0.717) is 0 Å². The van der Waals surface area contributed by atoms with Crippen molar-refractivity contribution in [1.82, 2.24) is 5.32 Å². The number of hydrogen-bond donors (Lipinski definition) is 1. The predicted molar refractivity (Wildman–Crippen MR) is 42.2 cm³/mol. The summed E-state index contributed by atoms with van der Waals surface area (Å²) in [5, 5.41) is 2.98. The van der Waals surface area contributed by atoms with Crippen molar-refractivity contribution in [3.63, 3.8) is 0 Å². The Morgan fingerprint density at radius 1 is 1.64 bits per heavy atom. The molecule has 3 nitrogen and oxygen atoms in total. The molecule has 1 aliphatic rings. The van der Waals surface area contributed by atoms with Crippen LogP contribution in [0.3, 0.4) is 0 Å². The number of methoxy groups -OCH3 is 1. The molecular formula is C8H15NO2. The fraction of sp³-hybridized carbons (Fsp3) is 0.875. The molecule has 0 aromatic heterocycles. The van der Waals surface area contributed by atoms with E-state index >= 15 is 0 Å². The molecule has 0 amide bonds. The minimum Gasteiger partial charge on any atom is -0.468 e. The highest BCUT2D eigenvalue weighted by molar-refractivity contribution is 5.77. The predicted octanol–water partition coefficient (Wildman–Crippen LogP) is 0.547. The lowest BCUT2D eigenvalue weighted by Crippen LogP contribution is -2.41. The summed E-state index contributed by atoms with van der Waals surface area (Å²) in [7, 11) is 3.23. The van der Waals surface area contributed by atoms with E-state index in [1.54, 1.807) is 7.05 Å². The molecule has 0 bridgehead atoms. The van der Waals surface area contributed by atoms with Crippen LogP contribution in [-0.2, 0) is 9.53 Å². The molecule has 0 aromatic carbocycles. The Balaban J connectivity index is 2.56. The smallest absolute Gasteiger partial charge is 0.323 e. The van der Waals surface area contributed by atoms with E-state index in [-0.39, 0.29) is 17.4 Å². The van der Waals surface area contributed by atoms with Crippen molar-refractivity contribution in [2.75, 3.05) is 14.2 Å². The second-order valence-electron chi connectivity index (χ2n) is 3.40. The zero-order chi connectivity index (χ0) is 8.48. The van der Waals surface area contributed by atoms with Crippen molar-refractivity contribution >= 4 is 5.97 Å². The maximum atomic E-state index is 11.1. The van der Waals surface area contributed by atoms with Crippen LogP contribution in [0.5, 0.6) is 0 Å². The third kappa shape index (κ3) is 1.53. The van der Waals surface area contributed by atoms with Crippen LogP contribution in [0.15, 0.2) is 0 Å². The van der Waals surface area contributed by atoms with Crippen molar-refractivity contribution in [2.24, 2.45) is 5.41 Å². The Bertz CT molecular complexity index is 163. The number of likely N-dealkylation sites (N-methyl/N-ethyl adjacent to an activating group) is 1. The Labute approximate surface area is 67.1 Å². The van der Waals surface area contributed by atoms with Gasteiger partial charge in [0, 0.05) is 0 Å². The average molecular weight is 157 g/mol. The van der Waals surface area contributed by atoms with E-state index in [2.05, 4.69) is 17.0 Å². The normalized spacial score (nSPS) is 22.5. The lowest BCUT2D eigenvalue weighted by molar-refractivity contribution is -0.144. The van der Waals surface area contributed by atoms with Crippen LogP contribution in [0.25, 0.3) is 0 Å². The van der Waals surface area contributed by atoms with Crippen LogP contribution >= 0.6 is 0 Å². The zero-order valence-corrected chi connectivity index (χ0v) is 7.31. The minimum atomic E-state index is -0.146. The molecule has 1 rings (SSSR count). The maximum absolute atomic E-state index is 11.1. The first-order valence-corrected chi connectivity index (χ1v) is 3.89. The van der Waals surface area contributed by atoms with E-state index in [1.807, 2.05) is 0 Å². The second kappa shape index (κ2) is 2.81. The zero-order valence-electron chi connectivity index (χ0n) is 7.31. The Morgan fingerprint density at radius 2 is 2.18 bits per heavy atom. The van der Waals surface area contributed by atoms with E-state index in [4.69, 9.17) is 0 Å². The number of ether oxygens (including phenoxy) is 1. The van der Waals surface area contributed by atoms with Gasteiger partial charge in [0.25, 0.3) is 0 Å². The van der Waals surface area contributed by atoms with Gasteiger partial charge in [-0.3, -0.25) is 4.79 Å². The summed E-state index contributed by atoms with van der Waals surface area (Å²) in [4.78, 5) is 11.1. The molecule has 3 heteroatoms. The lowest BCUT2D eigenvalue weighted by atomic mass is 9.99. The van der Waals surface area contributed by atoms with Crippen LogP contribution in [-0.4, -0.2) is 26.2 Å². The highest BCUT2D eigenvalue weighted by atomic mass is 16.5. The number of rotatable bonds is 3. The fourth-order valence-corrected chi connectivity index (χ4v) is 1.35. The Hall–Kier alpha value is -0.570. The molecule has 1 atom stereocenters. The van der Waals surface area contributed by atoms with E-state index < -0.39 is 0 Å². The van der Waals surface area contributed by atoms with E-state index in [9.17, 15) is 4.79 Å². The van der Waals surface area contributed by atoms with Gasteiger partial charge in [-0.25, -0.2) is 0 Å². The van der Waals surface area contributed by atoms with E-state index in [0.717, 1.165) is 12.8 Å². The van der Waals surface area contributed by atoms with Crippen LogP contribution < -0.4 is 5.32 Å². The van der Waals surface area contributed by atoms with Crippen LogP contribution in [0.4, 0.5) is 0 Å². The molecule has 0 aliphatic heterocycles. The molecule has 0 aromatic rings. The Kier molecular flexibility index (Phi) is 2.18. The largest absolute Gasteiger partial charge is 0.468 e. The highest BCUT2D eigenvalue weighted by Crippen LogP contribution is 2.48. The van der Waals surface area contributed by atoms with E-state index in [1.165, 1.54) is 7.11 Å². The van der Waals surface area contributed by atoms with Gasteiger partial charge in [-0.05, 0) is 25.3 Å². The van der Waals surface area contributed by atoms with Crippen molar-refractivity contribution in [1.29, 1.82) is 0 Å². The first-order chi connectivity index (χ1) is 5.14. The highest BCUT2D eigenvalue weighted by Gasteiger charge is 2.48. The summed E-state index contributed by atoms with van der Waals surface area (Å²) < 4.78 is 4.67. The average Bonchev–Trinajstić information content (AvgIpc) is 2.70. The monoisotopic (exact) mass is 157 g/mol. The summed E-state index contributed by atoms with van der Waals surface area (Å²) >= 11 is 0. The molecule has 1 N–H and O–H groups in total. The first-order valence-electron chi connectivity index (χ1n) is 3.89. The number of hydrogen-bond acceptors (Lipinski definition) is 3. The summed E-state index contributed by atoms with van der Waals surface area (Å²) in [6, 6.07) is -0.118. The van der Waals surface area contributed by atoms with Crippen LogP contribution in [0, 0.1) is 5.41 Å². The summed E-state index contributed by atoms with van der Waals surface area (Å²) in [6.45, 7) is 2.10. The van der Waals surface area contributed by atoms with Crippen LogP contribution in [0.2, 0.25) is 0 Å². The molecule has 1 aliphatic carbocycles. The molecule has 0 heterocycles. The summed E-state index contributed by atoms with van der Waals surface area (Å²) in [5.41, 5.74) is 0.155. The van der Waals surface area contributed by atoms with Gasteiger partial charge in [0.15, 0.2) is 0 Å². The SMILES string of the molecule is CNC(C(=O)OC)C1(C)CC1. The van der Waals surface area contributed by atoms with Crippen LogP contribution in [0.1, 0.15) is 19.8 Å². The third-order valence-electron chi connectivity index (χ3n) is 2.46. The maximum Gasteiger partial charge on any atom is 0.323 e. The quantitative estimate of drug-likeness (QED) is 0.608. The molecule has 64 valence electrons. The molecule has 0 radical (unpaired) electrons. The van der Waals surface area contributed by atoms with Gasteiger partial charge in [0.1, 0.15) is 6.04 Å². The number of carbonyl (C=O) groups is 1. The molecule has 1 saturated carbocycles. The molecule has 11 heavy (non-hydrogen) atoms. The summed E-state index contributed by atoms with van der Waals surface area (Å²) in [6.07, 6.45) is 2.24. The van der Waals surface area contributed by atoms with Gasteiger partial charge in [-0.15, -0.1) is 0 Å². The number of carbonyl (C=O) groups excluding carboxylic acids is 1. The summed E-state index contributed by atoms with van der Waals surface area (Å²) in [5.74, 6) is -0.146. The van der Waals surface area contributed by atoms with Crippen molar-refractivity contribution in [3.05, 3.63) is 0 Å². The lowest BCUT2D eigenvalue weighted by Gasteiger charge is -2.19. The van der Waals surface area contributed by atoms with Crippen molar-refractivity contribution in [3.8, 4) is 0 Å². The van der Waals surface area contributed by atoms with Gasteiger partial charge < -0.3 is 10.1 Å². The molecule has 1 unspecified atom stereocenters. The molecule has 1 fully saturated rings. The van der Waals surface area contributed by atoms with Crippen molar-refractivity contribution < 1.29 is 9.53 Å². The van der Waals surface area contributed by atoms with Gasteiger partial charge >= 0.3 is 5.97 Å². The third-order valence-corrected chi connectivity index (χ3v) is 2.46. The number of nitrogens with one attached hydrogen (secondary N) is 1. The fourth-order valence-electron chi connectivity index (χ4n) is 1.35. The first kappa shape index (κ1) is 8.53. The van der Waals surface area contributed by atoms with Gasteiger partial charge in [0.2, 0.25) is 0 Å². The molecule has 0 spiro atoms. The minimum absolute atomic E-state index is 0.118. The van der Waals surface area contributed by atoms with Gasteiger partial charge in [-0.1, -0.05) is 6.92 Å². The van der Waals surface area contributed by atoms with Gasteiger partial charge in [-0.2, -0.15) is 0 Å².